The molecule has 3 aromatic carbocycles. The van der Waals surface area contributed by atoms with Crippen molar-refractivity contribution in [3.8, 4) is 0 Å². The average Bonchev–Trinajstić information content (AvgIpc) is 2.49. The summed E-state index contributed by atoms with van der Waals surface area (Å²) >= 11 is 0. The zero-order valence-electron chi connectivity index (χ0n) is 11.6. The van der Waals surface area contributed by atoms with Crippen molar-refractivity contribution in [2.24, 2.45) is 0 Å². The maximum Gasteiger partial charge on any atom is 0.335 e. The Hall–Kier alpha value is -2.72. The maximum absolute atomic E-state index is 11.0. The van der Waals surface area contributed by atoms with Gasteiger partial charge < -0.3 is 16.2 Å². The molecule has 0 radical (unpaired) electrons. The number of nitrogen functional groups attached to an aromatic ring is 1. The number of nitrogens with two attached hydrogens (primary N) is 1. The highest BCUT2D eigenvalue weighted by molar-refractivity contribution is 6.01. The van der Waals surface area contributed by atoms with Gasteiger partial charge in [0.2, 0.25) is 0 Å². The van der Waals surface area contributed by atoms with Crippen LogP contribution in [0.4, 0.5) is 17.1 Å². The zero-order chi connectivity index (χ0) is 14.8. The number of carbonyl (C=O) groups is 1. The third-order valence-electron chi connectivity index (χ3n) is 3.34. The van der Waals surface area contributed by atoms with Gasteiger partial charge in [-0.25, -0.2) is 4.79 Å². The lowest BCUT2D eigenvalue weighted by atomic mass is 10.1. The molecule has 0 saturated heterocycles. The van der Waals surface area contributed by atoms with E-state index in [4.69, 9.17) is 10.8 Å². The van der Waals surface area contributed by atoms with Crippen LogP contribution in [0.1, 0.15) is 10.4 Å². The first-order chi connectivity index (χ1) is 10.1. The van der Waals surface area contributed by atoms with E-state index < -0.39 is 5.97 Å². The summed E-state index contributed by atoms with van der Waals surface area (Å²) in [6, 6.07) is 18.3. The normalized spacial score (nSPS) is 10.0. The number of halogens is 1. The number of fused-ring (bicyclic) bond motifs is 1. The molecule has 112 valence electrons. The molecule has 0 aliphatic rings. The van der Waals surface area contributed by atoms with Gasteiger partial charge in [0.25, 0.3) is 0 Å². The number of hydrogen-bond acceptors (Lipinski definition) is 3. The summed E-state index contributed by atoms with van der Waals surface area (Å²) in [6.45, 7) is 0. The molecule has 0 unspecified atom stereocenters. The molecule has 0 aliphatic carbocycles. The van der Waals surface area contributed by atoms with E-state index in [1.807, 2.05) is 42.5 Å². The average molecular weight is 315 g/mol. The molecular weight excluding hydrogens is 300 g/mol. The first-order valence-corrected chi connectivity index (χ1v) is 6.53. The van der Waals surface area contributed by atoms with Crippen molar-refractivity contribution >= 4 is 46.2 Å². The van der Waals surface area contributed by atoms with Crippen molar-refractivity contribution in [2.75, 3.05) is 11.1 Å². The van der Waals surface area contributed by atoms with Gasteiger partial charge in [0.05, 0.1) is 5.56 Å². The largest absolute Gasteiger partial charge is 0.478 e. The molecule has 3 rings (SSSR count). The van der Waals surface area contributed by atoms with E-state index in [-0.39, 0.29) is 18.0 Å². The minimum Gasteiger partial charge on any atom is -0.478 e. The third kappa shape index (κ3) is 2.97. The zero-order valence-corrected chi connectivity index (χ0v) is 12.4. The summed E-state index contributed by atoms with van der Waals surface area (Å²) in [5.41, 5.74) is 8.56. The van der Waals surface area contributed by atoms with Crippen LogP contribution in [-0.2, 0) is 0 Å². The lowest BCUT2D eigenvalue weighted by molar-refractivity contribution is 0.0697. The summed E-state index contributed by atoms with van der Waals surface area (Å²) in [7, 11) is 0. The first kappa shape index (κ1) is 15.7. The number of benzene rings is 3. The van der Waals surface area contributed by atoms with Crippen molar-refractivity contribution in [1.29, 1.82) is 0 Å². The molecule has 3 aromatic rings. The third-order valence-corrected chi connectivity index (χ3v) is 3.34. The van der Waals surface area contributed by atoms with Gasteiger partial charge in [0, 0.05) is 27.8 Å². The number of anilines is 3. The fraction of sp³-hybridized carbons (Fsp3) is 0. The first-order valence-electron chi connectivity index (χ1n) is 6.53. The highest BCUT2D eigenvalue weighted by Crippen LogP contribution is 2.29. The summed E-state index contributed by atoms with van der Waals surface area (Å²) in [5, 5.41) is 14.3. The molecule has 0 bridgehead atoms. The van der Waals surface area contributed by atoms with Gasteiger partial charge in [-0.2, -0.15) is 0 Å². The second-order valence-corrected chi connectivity index (χ2v) is 4.76. The molecule has 0 heterocycles. The van der Waals surface area contributed by atoms with Gasteiger partial charge in [-0.1, -0.05) is 30.3 Å². The Morgan fingerprint density at radius 2 is 1.64 bits per heavy atom. The lowest BCUT2D eigenvalue weighted by Gasteiger charge is -2.11. The molecule has 0 atom stereocenters. The van der Waals surface area contributed by atoms with Crippen LogP contribution in [0, 0.1) is 0 Å². The van der Waals surface area contributed by atoms with Crippen LogP contribution < -0.4 is 11.1 Å². The standard InChI is InChI=1S/C17H14N2O2.ClH/c18-15-8-2-7-14-13(15)6-3-9-16(14)19-12-5-1-4-11(10-12)17(20)21;/h1-10,19H,18H2,(H,20,21);1H. The Morgan fingerprint density at radius 3 is 2.41 bits per heavy atom. The summed E-state index contributed by atoms with van der Waals surface area (Å²) in [4.78, 5) is 11.0. The van der Waals surface area contributed by atoms with Gasteiger partial charge in [0.1, 0.15) is 0 Å². The summed E-state index contributed by atoms with van der Waals surface area (Å²) in [6.07, 6.45) is 0. The number of hydrogen-bond donors (Lipinski definition) is 3. The van der Waals surface area contributed by atoms with Crippen molar-refractivity contribution in [3.05, 3.63) is 66.2 Å². The molecule has 4 nitrogen and oxygen atoms in total. The Kier molecular flexibility index (Phi) is 4.53. The van der Waals surface area contributed by atoms with Crippen molar-refractivity contribution in [1.82, 2.24) is 0 Å². The van der Waals surface area contributed by atoms with Crippen molar-refractivity contribution < 1.29 is 9.90 Å². The number of nitrogens with one attached hydrogen (secondary N) is 1. The predicted molar refractivity (Wildman–Crippen MR) is 92.3 cm³/mol. The van der Waals surface area contributed by atoms with Crippen LogP contribution in [0.5, 0.6) is 0 Å². The highest BCUT2D eigenvalue weighted by atomic mass is 35.5. The van der Waals surface area contributed by atoms with E-state index in [9.17, 15) is 4.79 Å². The molecule has 5 heteroatoms. The van der Waals surface area contributed by atoms with Gasteiger partial charge in [-0.05, 0) is 30.3 Å². The summed E-state index contributed by atoms with van der Waals surface area (Å²) < 4.78 is 0. The van der Waals surface area contributed by atoms with Crippen molar-refractivity contribution in [2.45, 2.75) is 0 Å². The van der Waals surface area contributed by atoms with Crippen LogP contribution in [0.25, 0.3) is 10.8 Å². The van der Waals surface area contributed by atoms with Gasteiger partial charge in [-0.3, -0.25) is 0 Å². The van der Waals surface area contributed by atoms with E-state index in [0.29, 0.717) is 0 Å². The van der Waals surface area contributed by atoms with E-state index in [0.717, 1.165) is 27.8 Å². The van der Waals surface area contributed by atoms with Gasteiger partial charge in [0.15, 0.2) is 0 Å². The smallest absolute Gasteiger partial charge is 0.335 e. The van der Waals surface area contributed by atoms with Crippen molar-refractivity contribution in [3.63, 3.8) is 0 Å². The second-order valence-electron chi connectivity index (χ2n) is 4.76. The van der Waals surface area contributed by atoms with E-state index in [2.05, 4.69) is 5.32 Å². The molecule has 4 N–H and O–H groups in total. The Balaban J connectivity index is 0.00000176. The topological polar surface area (TPSA) is 75.3 Å². The maximum atomic E-state index is 11.0. The Labute approximate surface area is 134 Å². The van der Waals surface area contributed by atoms with E-state index >= 15 is 0 Å². The van der Waals surface area contributed by atoms with Gasteiger partial charge >= 0.3 is 5.97 Å². The number of carboxylic acid groups (broad SMARTS) is 1. The fourth-order valence-corrected chi connectivity index (χ4v) is 2.33. The molecule has 0 spiro atoms. The second kappa shape index (κ2) is 6.37. The number of aromatic carboxylic acids is 1. The fourth-order valence-electron chi connectivity index (χ4n) is 2.33. The van der Waals surface area contributed by atoms with E-state index in [1.54, 1.807) is 18.2 Å². The molecular formula is C17H15ClN2O2. The lowest BCUT2D eigenvalue weighted by Crippen LogP contribution is -1.98. The minimum absolute atomic E-state index is 0. The van der Waals surface area contributed by atoms with Gasteiger partial charge in [-0.15, -0.1) is 12.4 Å². The number of rotatable bonds is 3. The van der Waals surface area contributed by atoms with Crippen LogP contribution in [0.3, 0.4) is 0 Å². The van der Waals surface area contributed by atoms with Crippen LogP contribution in [0.15, 0.2) is 60.7 Å². The Bertz CT molecular complexity index is 834. The molecule has 22 heavy (non-hydrogen) atoms. The van der Waals surface area contributed by atoms with Crippen LogP contribution >= 0.6 is 12.4 Å². The highest BCUT2D eigenvalue weighted by Gasteiger charge is 2.06. The SMILES string of the molecule is Cl.Nc1cccc2c(Nc3cccc(C(=O)O)c3)cccc12. The molecule has 0 amide bonds. The van der Waals surface area contributed by atoms with Crippen LogP contribution in [0.2, 0.25) is 0 Å². The Morgan fingerprint density at radius 1 is 0.955 bits per heavy atom. The quantitative estimate of drug-likeness (QED) is 0.630. The molecule has 0 saturated carbocycles. The predicted octanol–water partition coefficient (Wildman–Crippen LogP) is 4.29. The monoisotopic (exact) mass is 314 g/mol. The van der Waals surface area contributed by atoms with E-state index in [1.165, 1.54) is 0 Å². The molecule has 0 aliphatic heterocycles. The molecule has 0 fully saturated rings. The number of carboxylic acids is 1. The minimum atomic E-state index is -0.944. The van der Waals surface area contributed by atoms with Crippen LogP contribution in [-0.4, -0.2) is 11.1 Å². The summed E-state index contributed by atoms with van der Waals surface area (Å²) in [5.74, 6) is -0.944. The molecule has 0 aromatic heterocycles.